The van der Waals surface area contributed by atoms with Crippen LogP contribution in [-0.2, 0) is 26.1 Å². The number of nitrogens with one attached hydrogen (secondary N) is 1. The first kappa shape index (κ1) is 15.7. The summed E-state index contributed by atoms with van der Waals surface area (Å²) < 4.78 is 11.9. The van der Waals surface area contributed by atoms with E-state index in [1.807, 2.05) is 0 Å². The molecule has 0 bridgehead atoms. The molecule has 1 unspecified atom stereocenters. The molecule has 0 radical (unpaired) electrons. The molecule has 1 rings (SSSR count). The standard InChI is InChI=1S/C12H14ClNO4S/c1-8(15)14-11(12(16)17)7-19(18)6-9-3-2-4-10(13)5-9/h2-5,11H,6-7H2,1H3,(H,14,15)(H,16,17)/t11-,19?/m0/s1. The summed E-state index contributed by atoms with van der Waals surface area (Å²) in [6.07, 6.45) is 0. The molecular formula is C12H14ClNO4S. The topological polar surface area (TPSA) is 83.5 Å². The lowest BCUT2D eigenvalue weighted by atomic mass is 10.2. The lowest BCUT2D eigenvalue weighted by Gasteiger charge is -2.12. The molecule has 1 amide bonds. The minimum absolute atomic E-state index is 0.137. The number of hydrogen-bond donors (Lipinski definition) is 2. The molecule has 104 valence electrons. The van der Waals surface area contributed by atoms with Crippen molar-refractivity contribution in [2.75, 3.05) is 5.75 Å². The number of carboxylic acids is 1. The number of carbonyl (C=O) groups is 2. The number of benzene rings is 1. The van der Waals surface area contributed by atoms with Gasteiger partial charge in [0.15, 0.2) is 0 Å². The van der Waals surface area contributed by atoms with Crippen molar-refractivity contribution in [3.05, 3.63) is 34.9 Å². The first-order valence-electron chi connectivity index (χ1n) is 5.48. The van der Waals surface area contributed by atoms with Gasteiger partial charge in [-0.15, -0.1) is 0 Å². The van der Waals surface area contributed by atoms with E-state index in [9.17, 15) is 13.8 Å². The summed E-state index contributed by atoms with van der Waals surface area (Å²) >= 11 is 5.80. The van der Waals surface area contributed by atoms with Gasteiger partial charge in [0.25, 0.3) is 0 Å². The summed E-state index contributed by atoms with van der Waals surface area (Å²) in [5.74, 6) is -1.60. The minimum atomic E-state index is -1.40. The average molecular weight is 304 g/mol. The normalized spacial score (nSPS) is 13.6. The average Bonchev–Trinajstić information content (AvgIpc) is 2.27. The van der Waals surface area contributed by atoms with E-state index in [2.05, 4.69) is 5.32 Å². The van der Waals surface area contributed by atoms with Crippen molar-refractivity contribution in [2.45, 2.75) is 18.7 Å². The van der Waals surface area contributed by atoms with Crippen LogP contribution in [0.25, 0.3) is 0 Å². The Morgan fingerprint density at radius 1 is 1.47 bits per heavy atom. The van der Waals surface area contributed by atoms with Crippen molar-refractivity contribution in [1.29, 1.82) is 0 Å². The van der Waals surface area contributed by atoms with Crippen LogP contribution in [-0.4, -0.2) is 33.0 Å². The van der Waals surface area contributed by atoms with Crippen LogP contribution in [0.5, 0.6) is 0 Å². The second-order valence-electron chi connectivity index (χ2n) is 3.97. The van der Waals surface area contributed by atoms with E-state index in [0.717, 1.165) is 5.56 Å². The van der Waals surface area contributed by atoms with Crippen LogP contribution >= 0.6 is 11.6 Å². The van der Waals surface area contributed by atoms with Gasteiger partial charge >= 0.3 is 5.97 Å². The zero-order valence-electron chi connectivity index (χ0n) is 10.3. The summed E-state index contributed by atoms with van der Waals surface area (Å²) in [7, 11) is -1.40. The summed E-state index contributed by atoms with van der Waals surface area (Å²) in [5.41, 5.74) is 0.762. The molecule has 19 heavy (non-hydrogen) atoms. The van der Waals surface area contributed by atoms with Crippen LogP contribution in [0, 0.1) is 0 Å². The van der Waals surface area contributed by atoms with Gasteiger partial charge in [0.1, 0.15) is 6.04 Å². The molecule has 0 saturated heterocycles. The van der Waals surface area contributed by atoms with Crippen molar-refractivity contribution in [3.63, 3.8) is 0 Å². The Balaban J connectivity index is 2.62. The monoisotopic (exact) mass is 303 g/mol. The van der Waals surface area contributed by atoms with E-state index in [-0.39, 0.29) is 11.5 Å². The maximum atomic E-state index is 11.9. The fraction of sp³-hybridized carbons (Fsp3) is 0.333. The Morgan fingerprint density at radius 2 is 2.16 bits per heavy atom. The van der Waals surface area contributed by atoms with Crippen molar-refractivity contribution in [1.82, 2.24) is 5.32 Å². The lowest BCUT2D eigenvalue weighted by Crippen LogP contribution is -2.43. The van der Waals surface area contributed by atoms with Gasteiger partial charge in [0.2, 0.25) is 5.91 Å². The van der Waals surface area contributed by atoms with Gasteiger partial charge in [-0.1, -0.05) is 23.7 Å². The number of halogens is 1. The highest BCUT2D eigenvalue weighted by atomic mass is 35.5. The molecule has 7 heteroatoms. The molecule has 1 aromatic rings. The highest BCUT2D eigenvalue weighted by Crippen LogP contribution is 2.12. The smallest absolute Gasteiger partial charge is 0.327 e. The summed E-state index contributed by atoms with van der Waals surface area (Å²) in [6, 6.07) is 5.73. The van der Waals surface area contributed by atoms with Crippen molar-refractivity contribution < 1.29 is 18.9 Å². The number of amides is 1. The number of aliphatic carboxylic acids is 1. The molecule has 0 aliphatic carbocycles. The SMILES string of the molecule is CC(=O)N[C@@H](CS(=O)Cc1cccc(Cl)c1)C(=O)O. The molecule has 0 aliphatic rings. The first-order valence-corrected chi connectivity index (χ1v) is 7.34. The predicted molar refractivity (Wildman–Crippen MR) is 73.4 cm³/mol. The second kappa shape index (κ2) is 7.25. The largest absolute Gasteiger partial charge is 0.480 e. The molecule has 0 heterocycles. The van der Waals surface area contributed by atoms with Gasteiger partial charge in [0.05, 0.1) is 5.75 Å². The highest BCUT2D eigenvalue weighted by molar-refractivity contribution is 7.84. The zero-order chi connectivity index (χ0) is 14.4. The first-order chi connectivity index (χ1) is 8.88. The van der Waals surface area contributed by atoms with Crippen LogP contribution in [0.15, 0.2) is 24.3 Å². The molecule has 2 N–H and O–H groups in total. The Morgan fingerprint density at radius 3 is 2.68 bits per heavy atom. The van der Waals surface area contributed by atoms with Gasteiger partial charge < -0.3 is 10.4 Å². The molecular weight excluding hydrogens is 290 g/mol. The van der Waals surface area contributed by atoms with E-state index in [4.69, 9.17) is 16.7 Å². The number of hydrogen-bond acceptors (Lipinski definition) is 3. The maximum Gasteiger partial charge on any atom is 0.327 e. The predicted octanol–water partition coefficient (Wildman–Crippen LogP) is 1.18. The third-order valence-electron chi connectivity index (χ3n) is 2.24. The Bertz CT molecular complexity index is 506. The molecule has 1 aromatic carbocycles. The number of carbonyl (C=O) groups excluding carboxylic acids is 1. The molecule has 2 atom stereocenters. The van der Waals surface area contributed by atoms with E-state index in [1.54, 1.807) is 24.3 Å². The van der Waals surface area contributed by atoms with Gasteiger partial charge in [0, 0.05) is 28.5 Å². The lowest BCUT2D eigenvalue weighted by molar-refractivity contribution is -0.140. The van der Waals surface area contributed by atoms with Crippen LogP contribution in [0.3, 0.4) is 0 Å². The van der Waals surface area contributed by atoms with Crippen molar-refractivity contribution in [3.8, 4) is 0 Å². The zero-order valence-corrected chi connectivity index (χ0v) is 11.8. The Kier molecular flexibility index (Phi) is 5.98. The van der Waals surface area contributed by atoms with Gasteiger partial charge in [-0.05, 0) is 17.7 Å². The molecule has 0 aromatic heterocycles. The quantitative estimate of drug-likeness (QED) is 0.826. The van der Waals surface area contributed by atoms with Crippen molar-refractivity contribution in [2.24, 2.45) is 0 Å². The van der Waals surface area contributed by atoms with Gasteiger partial charge in [-0.3, -0.25) is 9.00 Å². The van der Waals surface area contributed by atoms with Crippen LogP contribution in [0.2, 0.25) is 5.02 Å². The molecule has 0 aliphatic heterocycles. The number of carboxylic acid groups (broad SMARTS) is 1. The van der Waals surface area contributed by atoms with E-state index in [1.165, 1.54) is 6.92 Å². The fourth-order valence-corrected chi connectivity index (χ4v) is 2.96. The highest BCUT2D eigenvalue weighted by Gasteiger charge is 2.21. The Labute approximate surface area is 118 Å². The molecule has 5 nitrogen and oxygen atoms in total. The fourth-order valence-electron chi connectivity index (χ4n) is 1.48. The molecule has 0 saturated carbocycles. The van der Waals surface area contributed by atoms with Crippen LogP contribution < -0.4 is 5.32 Å². The summed E-state index contributed by atoms with van der Waals surface area (Å²) in [5, 5.41) is 11.7. The van der Waals surface area contributed by atoms with Gasteiger partial charge in [-0.25, -0.2) is 4.79 Å². The summed E-state index contributed by atoms with van der Waals surface area (Å²) in [4.78, 5) is 21.8. The molecule has 0 spiro atoms. The van der Waals surface area contributed by atoms with Crippen LogP contribution in [0.1, 0.15) is 12.5 Å². The van der Waals surface area contributed by atoms with Crippen LogP contribution in [0.4, 0.5) is 0 Å². The maximum absolute atomic E-state index is 11.9. The van der Waals surface area contributed by atoms with E-state index >= 15 is 0 Å². The van der Waals surface area contributed by atoms with Crippen molar-refractivity contribution >= 4 is 34.3 Å². The second-order valence-corrected chi connectivity index (χ2v) is 5.91. The third kappa shape index (κ3) is 5.85. The van der Waals surface area contributed by atoms with E-state index < -0.39 is 28.7 Å². The van der Waals surface area contributed by atoms with E-state index in [0.29, 0.717) is 5.02 Å². The third-order valence-corrected chi connectivity index (χ3v) is 3.84. The minimum Gasteiger partial charge on any atom is -0.480 e. The molecule has 0 fully saturated rings. The number of rotatable bonds is 6. The van der Waals surface area contributed by atoms with Gasteiger partial charge in [-0.2, -0.15) is 0 Å². The Hall–Kier alpha value is -1.40. The summed E-state index contributed by atoms with van der Waals surface area (Å²) in [6.45, 7) is 1.22.